The van der Waals surface area contributed by atoms with Crippen molar-refractivity contribution < 1.29 is 0 Å². The Hall–Kier alpha value is -1.02. The topological polar surface area (TPSA) is 15.3 Å². The molecule has 20 heavy (non-hydrogen) atoms. The molecule has 1 aliphatic carbocycles. The van der Waals surface area contributed by atoms with Crippen LogP contribution < -0.4 is 10.2 Å². The predicted octanol–water partition coefficient (Wildman–Crippen LogP) is 4.13. The van der Waals surface area contributed by atoms with E-state index in [1.807, 2.05) is 0 Å². The minimum Gasteiger partial charge on any atom is -0.370 e. The van der Waals surface area contributed by atoms with Crippen LogP contribution in [0.3, 0.4) is 0 Å². The lowest BCUT2D eigenvalue weighted by Gasteiger charge is -2.50. The summed E-state index contributed by atoms with van der Waals surface area (Å²) in [7, 11) is 0. The zero-order valence-electron chi connectivity index (χ0n) is 13.0. The van der Waals surface area contributed by atoms with Crippen LogP contribution in [-0.2, 0) is 0 Å². The molecule has 1 N–H and O–H groups in total. The van der Waals surface area contributed by atoms with Gasteiger partial charge in [-0.3, -0.25) is 0 Å². The number of nitrogens with zero attached hydrogens (tertiary/aromatic N) is 1. The van der Waals surface area contributed by atoms with Crippen molar-refractivity contribution in [2.45, 2.75) is 52.0 Å². The van der Waals surface area contributed by atoms with E-state index in [0.717, 1.165) is 6.54 Å². The molecule has 0 amide bonds. The van der Waals surface area contributed by atoms with Gasteiger partial charge >= 0.3 is 0 Å². The average Bonchev–Trinajstić information content (AvgIpc) is 2.93. The minimum absolute atomic E-state index is 0.455. The fraction of sp³-hybridized carbons (Fsp3) is 0.667. The van der Waals surface area contributed by atoms with Crippen molar-refractivity contribution in [3.63, 3.8) is 0 Å². The van der Waals surface area contributed by atoms with Gasteiger partial charge in [0.2, 0.25) is 0 Å². The molecule has 1 spiro atoms. The molecule has 0 radical (unpaired) electrons. The Balaban J connectivity index is 1.63. The number of hydrogen-bond donors (Lipinski definition) is 1. The SMILES string of the molecule is CCCNC(C)c1cccc(N2CC3(CCCC3)C2)c1. The summed E-state index contributed by atoms with van der Waals surface area (Å²) in [6.45, 7) is 8.15. The molecule has 2 heteroatoms. The van der Waals surface area contributed by atoms with Crippen molar-refractivity contribution in [3.8, 4) is 0 Å². The molecule has 1 aromatic rings. The Labute approximate surface area is 123 Å². The predicted molar refractivity (Wildman–Crippen MR) is 86.3 cm³/mol. The van der Waals surface area contributed by atoms with E-state index in [4.69, 9.17) is 0 Å². The molecule has 2 fully saturated rings. The van der Waals surface area contributed by atoms with Gasteiger partial charge in [0.1, 0.15) is 0 Å². The number of nitrogens with one attached hydrogen (secondary N) is 1. The van der Waals surface area contributed by atoms with Crippen LogP contribution in [-0.4, -0.2) is 19.6 Å². The third-order valence-electron chi connectivity index (χ3n) is 5.15. The van der Waals surface area contributed by atoms with Crippen LogP contribution in [0.2, 0.25) is 0 Å². The van der Waals surface area contributed by atoms with Crippen molar-refractivity contribution in [3.05, 3.63) is 29.8 Å². The number of benzene rings is 1. The number of rotatable bonds is 5. The van der Waals surface area contributed by atoms with Crippen LogP contribution >= 0.6 is 0 Å². The molecule has 1 aliphatic heterocycles. The molecule has 1 aromatic carbocycles. The van der Waals surface area contributed by atoms with Crippen LogP contribution in [0, 0.1) is 5.41 Å². The van der Waals surface area contributed by atoms with Crippen LogP contribution in [0.1, 0.15) is 57.6 Å². The number of anilines is 1. The summed E-state index contributed by atoms with van der Waals surface area (Å²) in [5, 5.41) is 3.58. The third kappa shape index (κ3) is 2.71. The van der Waals surface area contributed by atoms with Crippen molar-refractivity contribution in [2.75, 3.05) is 24.5 Å². The summed E-state index contributed by atoms with van der Waals surface area (Å²) < 4.78 is 0. The zero-order chi connectivity index (χ0) is 14.0. The van der Waals surface area contributed by atoms with Gasteiger partial charge in [-0.05, 0) is 50.4 Å². The maximum absolute atomic E-state index is 3.58. The maximum Gasteiger partial charge on any atom is 0.0369 e. The van der Waals surface area contributed by atoms with Crippen molar-refractivity contribution in [1.82, 2.24) is 5.32 Å². The molecule has 0 aromatic heterocycles. The summed E-state index contributed by atoms with van der Waals surface area (Å²) in [6, 6.07) is 9.58. The first-order chi connectivity index (χ1) is 9.72. The van der Waals surface area contributed by atoms with E-state index >= 15 is 0 Å². The highest BCUT2D eigenvalue weighted by Gasteiger charge is 2.44. The van der Waals surface area contributed by atoms with E-state index in [1.165, 1.54) is 56.4 Å². The van der Waals surface area contributed by atoms with E-state index in [-0.39, 0.29) is 0 Å². The van der Waals surface area contributed by atoms with E-state index in [2.05, 4.69) is 48.3 Å². The first kappa shape index (κ1) is 13.9. The summed E-state index contributed by atoms with van der Waals surface area (Å²) in [5.41, 5.74) is 3.52. The lowest BCUT2D eigenvalue weighted by Crippen LogP contribution is -2.55. The smallest absolute Gasteiger partial charge is 0.0369 e. The van der Waals surface area contributed by atoms with Crippen LogP contribution in [0.5, 0.6) is 0 Å². The molecule has 0 bridgehead atoms. The van der Waals surface area contributed by atoms with Gasteiger partial charge < -0.3 is 10.2 Å². The summed E-state index contributed by atoms with van der Waals surface area (Å²) in [5.74, 6) is 0. The maximum atomic E-state index is 3.58. The highest BCUT2D eigenvalue weighted by atomic mass is 15.2. The molecular weight excluding hydrogens is 244 g/mol. The Bertz CT molecular complexity index is 440. The molecule has 2 nitrogen and oxygen atoms in total. The lowest BCUT2D eigenvalue weighted by atomic mass is 9.78. The highest BCUT2D eigenvalue weighted by molar-refractivity contribution is 5.52. The molecule has 2 aliphatic rings. The fourth-order valence-electron chi connectivity index (χ4n) is 3.86. The van der Waals surface area contributed by atoms with E-state index in [0.29, 0.717) is 11.5 Å². The second-order valence-electron chi connectivity index (χ2n) is 6.83. The molecule has 1 atom stereocenters. The summed E-state index contributed by atoms with van der Waals surface area (Å²) >= 11 is 0. The van der Waals surface area contributed by atoms with Crippen molar-refractivity contribution >= 4 is 5.69 Å². The van der Waals surface area contributed by atoms with E-state index in [1.54, 1.807) is 0 Å². The van der Waals surface area contributed by atoms with E-state index in [9.17, 15) is 0 Å². The Morgan fingerprint density at radius 3 is 2.70 bits per heavy atom. The average molecular weight is 272 g/mol. The van der Waals surface area contributed by atoms with Gasteiger partial charge in [-0.15, -0.1) is 0 Å². The van der Waals surface area contributed by atoms with Crippen LogP contribution in [0.15, 0.2) is 24.3 Å². The Morgan fingerprint density at radius 2 is 2.00 bits per heavy atom. The second kappa shape index (κ2) is 5.77. The normalized spacial score (nSPS) is 22.0. The third-order valence-corrected chi connectivity index (χ3v) is 5.15. The van der Waals surface area contributed by atoms with Crippen molar-refractivity contribution in [1.29, 1.82) is 0 Å². The first-order valence-electron chi connectivity index (χ1n) is 8.31. The van der Waals surface area contributed by atoms with Crippen molar-refractivity contribution in [2.24, 2.45) is 5.41 Å². The Morgan fingerprint density at radius 1 is 1.25 bits per heavy atom. The largest absolute Gasteiger partial charge is 0.370 e. The second-order valence-corrected chi connectivity index (χ2v) is 6.83. The van der Waals surface area contributed by atoms with Gasteiger partial charge in [0.05, 0.1) is 0 Å². The van der Waals surface area contributed by atoms with Gasteiger partial charge in [-0.25, -0.2) is 0 Å². The molecular formula is C18H28N2. The molecule has 1 unspecified atom stereocenters. The quantitative estimate of drug-likeness (QED) is 0.867. The minimum atomic E-state index is 0.455. The van der Waals surface area contributed by atoms with Gasteiger partial charge in [-0.2, -0.15) is 0 Å². The molecule has 110 valence electrons. The molecule has 3 rings (SSSR count). The summed E-state index contributed by atoms with van der Waals surface area (Å²) in [6.07, 6.45) is 7.01. The molecule has 1 heterocycles. The monoisotopic (exact) mass is 272 g/mol. The van der Waals surface area contributed by atoms with Gasteiger partial charge in [0, 0.05) is 30.2 Å². The first-order valence-corrected chi connectivity index (χ1v) is 8.31. The van der Waals surface area contributed by atoms with Crippen LogP contribution in [0.4, 0.5) is 5.69 Å². The fourth-order valence-corrected chi connectivity index (χ4v) is 3.86. The van der Waals surface area contributed by atoms with Crippen LogP contribution in [0.25, 0.3) is 0 Å². The lowest BCUT2D eigenvalue weighted by molar-refractivity contribution is 0.222. The van der Waals surface area contributed by atoms with E-state index < -0.39 is 0 Å². The Kier molecular flexibility index (Phi) is 4.02. The number of hydrogen-bond acceptors (Lipinski definition) is 2. The summed E-state index contributed by atoms with van der Waals surface area (Å²) in [4.78, 5) is 2.57. The zero-order valence-corrected chi connectivity index (χ0v) is 13.0. The molecule has 1 saturated carbocycles. The van der Waals surface area contributed by atoms with Gasteiger partial charge in [0.25, 0.3) is 0 Å². The van der Waals surface area contributed by atoms with Gasteiger partial charge in [0.15, 0.2) is 0 Å². The standard InChI is InChI=1S/C18H28N2/c1-3-11-19-15(2)16-7-6-8-17(12-16)20-13-18(14-20)9-4-5-10-18/h6-8,12,15,19H,3-5,9-11,13-14H2,1-2H3. The molecule has 1 saturated heterocycles. The highest BCUT2D eigenvalue weighted by Crippen LogP contribution is 2.47. The van der Waals surface area contributed by atoms with Gasteiger partial charge in [-0.1, -0.05) is 31.9 Å².